The van der Waals surface area contributed by atoms with Crippen LogP contribution in [0.25, 0.3) is 0 Å². The topological polar surface area (TPSA) is 16.6 Å². The highest BCUT2D eigenvalue weighted by atomic mass is 35.5. The summed E-state index contributed by atoms with van der Waals surface area (Å²) in [4.78, 5) is 0. The lowest BCUT2D eigenvalue weighted by Gasteiger charge is -2.10. The summed E-state index contributed by atoms with van der Waals surface area (Å²) in [5.41, 5.74) is 1.08. The van der Waals surface area contributed by atoms with Crippen LogP contribution in [-0.2, 0) is 6.54 Å². The Morgan fingerprint density at radius 2 is 1.73 bits per heavy atom. The van der Waals surface area contributed by atoms with Crippen LogP contribution in [0.2, 0.25) is 10.0 Å². The molecule has 1 saturated carbocycles. The van der Waals surface area contributed by atoms with Gasteiger partial charge in [-0.2, -0.15) is 0 Å². The van der Waals surface area contributed by atoms with Crippen LogP contribution in [-0.4, -0.2) is 6.04 Å². The molecule has 1 nitrogen and oxygen atoms in total. The van der Waals surface area contributed by atoms with Crippen molar-refractivity contribution in [2.75, 3.05) is 0 Å². The van der Waals surface area contributed by atoms with Crippen molar-refractivity contribution in [2.24, 2.45) is 0 Å². The van der Waals surface area contributed by atoms with Crippen molar-refractivity contribution < 1.29 is 5.32 Å². The van der Waals surface area contributed by atoms with Crippen LogP contribution in [0.1, 0.15) is 31.2 Å². The minimum absolute atomic E-state index is 0.775. The van der Waals surface area contributed by atoms with Crippen LogP contribution < -0.4 is 5.32 Å². The summed E-state index contributed by atoms with van der Waals surface area (Å²) >= 11 is 12.2. The van der Waals surface area contributed by atoms with Crippen molar-refractivity contribution in [3.63, 3.8) is 0 Å². The zero-order chi connectivity index (χ0) is 10.7. The highest BCUT2D eigenvalue weighted by Gasteiger charge is 2.18. The average molecular weight is 245 g/mol. The second kappa shape index (κ2) is 5.20. The fourth-order valence-electron chi connectivity index (χ4n) is 2.20. The van der Waals surface area contributed by atoms with Gasteiger partial charge in [0.1, 0.15) is 6.54 Å². The third-order valence-corrected chi connectivity index (χ3v) is 3.83. The van der Waals surface area contributed by atoms with Crippen molar-refractivity contribution in [1.29, 1.82) is 0 Å². The molecule has 1 aliphatic rings. The average Bonchev–Trinajstić information content (AvgIpc) is 2.70. The molecule has 0 aliphatic heterocycles. The molecule has 0 aromatic heterocycles. The van der Waals surface area contributed by atoms with E-state index in [0.717, 1.165) is 28.2 Å². The van der Waals surface area contributed by atoms with Gasteiger partial charge < -0.3 is 5.32 Å². The number of nitrogens with two attached hydrogens (primary N) is 1. The van der Waals surface area contributed by atoms with E-state index >= 15 is 0 Å². The minimum Gasteiger partial charge on any atom is -0.340 e. The zero-order valence-corrected chi connectivity index (χ0v) is 10.2. The Labute approximate surface area is 101 Å². The van der Waals surface area contributed by atoms with E-state index in [4.69, 9.17) is 23.2 Å². The summed E-state index contributed by atoms with van der Waals surface area (Å²) in [5, 5.41) is 3.95. The molecule has 1 fully saturated rings. The van der Waals surface area contributed by atoms with Crippen LogP contribution in [0, 0.1) is 0 Å². The van der Waals surface area contributed by atoms with E-state index in [1.54, 1.807) is 0 Å². The number of halogens is 2. The highest BCUT2D eigenvalue weighted by Crippen LogP contribution is 2.23. The molecule has 2 N–H and O–H groups in total. The molecule has 0 amide bonds. The normalized spacial score (nSPS) is 17.2. The van der Waals surface area contributed by atoms with Gasteiger partial charge in [-0.25, -0.2) is 0 Å². The van der Waals surface area contributed by atoms with Crippen LogP contribution in [0.5, 0.6) is 0 Å². The van der Waals surface area contributed by atoms with Crippen molar-refractivity contribution in [3.8, 4) is 0 Å². The molecule has 0 unspecified atom stereocenters. The Hall–Kier alpha value is -0.240. The molecular formula is C12H16Cl2N+. The predicted octanol–water partition coefficient (Wildman–Crippen LogP) is 3.00. The molecule has 0 atom stereocenters. The molecule has 2 rings (SSSR count). The Kier molecular flexibility index (Phi) is 3.90. The van der Waals surface area contributed by atoms with E-state index in [1.807, 2.05) is 18.2 Å². The maximum atomic E-state index is 6.11. The van der Waals surface area contributed by atoms with E-state index in [1.165, 1.54) is 25.7 Å². The van der Waals surface area contributed by atoms with Gasteiger partial charge in [-0.1, -0.05) is 29.3 Å². The molecule has 0 radical (unpaired) electrons. The predicted molar refractivity (Wildman–Crippen MR) is 64.3 cm³/mol. The largest absolute Gasteiger partial charge is 0.340 e. The second-order valence-electron chi connectivity index (χ2n) is 4.18. The van der Waals surface area contributed by atoms with Crippen molar-refractivity contribution >= 4 is 23.2 Å². The monoisotopic (exact) mass is 244 g/mol. The Morgan fingerprint density at radius 1 is 1.13 bits per heavy atom. The SMILES string of the molecule is Clc1cccc(Cl)c1C[NH2+]C1CCCC1. The lowest BCUT2D eigenvalue weighted by atomic mass is 10.2. The van der Waals surface area contributed by atoms with E-state index in [9.17, 15) is 0 Å². The first-order valence-corrected chi connectivity index (χ1v) is 6.29. The number of hydrogen-bond acceptors (Lipinski definition) is 0. The molecule has 1 aromatic rings. The highest BCUT2D eigenvalue weighted by molar-refractivity contribution is 6.35. The van der Waals surface area contributed by atoms with Crippen LogP contribution in [0.15, 0.2) is 18.2 Å². The van der Waals surface area contributed by atoms with Gasteiger partial charge in [0.15, 0.2) is 0 Å². The molecule has 0 spiro atoms. The molecule has 82 valence electrons. The standard InChI is InChI=1S/C12H15Cl2N/c13-11-6-3-7-12(14)10(11)8-15-9-4-1-2-5-9/h3,6-7,9,15H,1-2,4-5,8H2/p+1. The molecule has 1 aromatic carbocycles. The smallest absolute Gasteiger partial charge is 0.104 e. The van der Waals surface area contributed by atoms with Gasteiger partial charge in [0.25, 0.3) is 0 Å². The summed E-state index contributed by atoms with van der Waals surface area (Å²) in [6.45, 7) is 0.906. The second-order valence-corrected chi connectivity index (χ2v) is 5.00. The van der Waals surface area contributed by atoms with Crippen molar-refractivity contribution in [3.05, 3.63) is 33.8 Å². The number of rotatable bonds is 3. The lowest BCUT2D eigenvalue weighted by Crippen LogP contribution is -2.88. The van der Waals surface area contributed by atoms with Gasteiger partial charge in [-0.3, -0.25) is 0 Å². The summed E-state index contributed by atoms with van der Waals surface area (Å²) in [6, 6.07) is 6.48. The van der Waals surface area contributed by atoms with Gasteiger partial charge in [-0.05, 0) is 37.8 Å². The molecule has 0 bridgehead atoms. The zero-order valence-electron chi connectivity index (χ0n) is 8.68. The molecule has 3 heteroatoms. The number of quaternary nitrogens is 1. The fourth-order valence-corrected chi connectivity index (χ4v) is 2.76. The molecule has 1 aliphatic carbocycles. The van der Waals surface area contributed by atoms with E-state index in [-0.39, 0.29) is 0 Å². The third-order valence-electron chi connectivity index (χ3n) is 3.12. The van der Waals surface area contributed by atoms with Crippen molar-refractivity contribution in [2.45, 2.75) is 38.3 Å². The van der Waals surface area contributed by atoms with Crippen molar-refractivity contribution in [1.82, 2.24) is 0 Å². The summed E-state index contributed by atoms with van der Waals surface area (Å²) in [7, 11) is 0. The molecule has 15 heavy (non-hydrogen) atoms. The van der Waals surface area contributed by atoms with E-state index < -0.39 is 0 Å². The summed E-state index contributed by atoms with van der Waals surface area (Å²) in [5.74, 6) is 0. The first-order valence-electron chi connectivity index (χ1n) is 5.53. The first-order chi connectivity index (χ1) is 7.27. The summed E-state index contributed by atoms with van der Waals surface area (Å²) in [6.07, 6.45) is 5.42. The van der Waals surface area contributed by atoms with E-state index in [2.05, 4.69) is 5.32 Å². The molecule has 0 heterocycles. The molecule has 0 saturated heterocycles. The summed E-state index contributed by atoms with van der Waals surface area (Å²) < 4.78 is 0. The third kappa shape index (κ3) is 2.87. The fraction of sp³-hybridized carbons (Fsp3) is 0.500. The van der Waals surface area contributed by atoms with Crippen LogP contribution in [0.3, 0.4) is 0 Å². The van der Waals surface area contributed by atoms with Gasteiger partial charge in [0.05, 0.1) is 16.1 Å². The van der Waals surface area contributed by atoms with Crippen LogP contribution in [0.4, 0.5) is 0 Å². The van der Waals surface area contributed by atoms with Gasteiger partial charge in [-0.15, -0.1) is 0 Å². The van der Waals surface area contributed by atoms with E-state index in [0.29, 0.717) is 0 Å². The van der Waals surface area contributed by atoms with Gasteiger partial charge >= 0.3 is 0 Å². The van der Waals surface area contributed by atoms with Crippen LogP contribution >= 0.6 is 23.2 Å². The Balaban J connectivity index is 1.97. The van der Waals surface area contributed by atoms with Gasteiger partial charge in [0.2, 0.25) is 0 Å². The maximum Gasteiger partial charge on any atom is 0.104 e. The van der Waals surface area contributed by atoms with Gasteiger partial charge in [0, 0.05) is 5.56 Å². The maximum absolute atomic E-state index is 6.11. The lowest BCUT2D eigenvalue weighted by molar-refractivity contribution is -0.703. The number of hydrogen-bond donors (Lipinski definition) is 1. The quantitative estimate of drug-likeness (QED) is 0.843. The number of benzene rings is 1. The Morgan fingerprint density at radius 3 is 2.33 bits per heavy atom. The first kappa shape index (κ1) is 11.3. The Bertz CT molecular complexity index is 312. The molecular weight excluding hydrogens is 229 g/mol. The minimum atomic E-state index is 0.775.